The maximum Gasteiger partial charge on any atom is 0.220 e. The minimum absolute atomic E-state index is 0.184. The zero-order chi connectivity index (χ0) is 13.0. The van der Waals surface area contributed by atoms with Crippen molar-refractivity contribution < 1.29 is 4.79 Å². The Labute approximate surface area is 110 Å². The molecule has 2 fully saturated rings. The van der Waals surface area contributed by atoms with Crippen molar-refractivity contribution in [3.63, 3.8) is 0 Å². The molecule has 2 aliphatic rings. The first kappa shape index (κ1) is 13.8. The summed E-state index contributed by atoms with van der Waals surface area (Å²) in [5, 5.41) is 6.51. The molecule has 0 radical (unpaired) electrons. The molecule has 104 valence electrons. The molecule has 4 N–H and O–H groups in total. The molecule has 1 heterocycles. The minimum Gasteiger partial charge on any atom is -0.355 e. The van der Waals surface area contributed by atoms with Crippen molar-refractivity contribution in [3.8, 4) is 0 Å². The van der Waals surface area contributed by atoms with Gasteiger partial charge in [-0.25, -0.2) is 0 Å². The molecule has 2 rings (SSSR count). The summed E-state index contributed by atoms with van der Waals surface area (Å²) >= 11 is 0. The smallest absolute Gasteiger partial charge is 0.220 e. The van der Waals surface area contributed by atoms with Gasteiger partial charge in [-0.1, -0.05) is 13.3 Å². The Kier molecular flexibility index (Phi) is 4.62. The maximum absolute atomic E-state index is 11.9. The van der Waals surface area contributed by atoms with Crippen molar-refractivity contribution in [3.05, 3.63) is 0 Å². The van der Waals surface area contributed by atoms with Crippen LogP contribution in [0, 0.1) is 11.3 Å². The molecule has 0 aromatic rings. The first-order valence-corrected chi connectivity index (χ1v) is 7.32. The molecule has 1 unspecified atom stereocenters. The van der Waals surface area contributed by atoms with Gasteiger partial charge in [-0.15, -0.1) is 0 Å². The van der Waals surface area contributed by atoms with E-state index in [1.165, 1.54) is 19.3 Å². The molecule has 0 bridgehead atoms. The Bertz CT molecular complexity index is 287. The van der Waals surface area contributed by atoms with E-state index in [-0.39, 0.29) is 17.4 Å². The quantitative estimate of drug-likeness (QED) is 0.700. The Hall–Kier alpha value is -0.610. The van der Waals surface area contributed by atoms with E-state index >= 15 is 0 Å². The van der Waals surface area contributed by atoms with Crippen molar-refractivity contribution in [2.75, 3.05) is 19.6 Å². The predicted octanol–water partition coefficient (Wildman–Crippen LogP) is 1.01. The van der Waals surface area contributed by atoms with Crippen LogP contribution in [0.5, 0.6) is 0 Å². The largest absolute Gasteiger partial charge is 0.355 e. The highest BCUT2D eigenvalue weighted by Crippen LogP contribution is 2.27. The zero-order valence-corrected chi connectivity index (χ0v) is 11.5. The van der Waals surface area contributed by atoms with Crippen LogP contribution in [0.1, 0.15) is 45.4 Å². The highest BCUT2D eigenvalue weighted by molar-refractivity contribution is 5.76. The van der Waals surface area contributed by atoms with Crippen LogP contribution in [0.3, 0.4) is 0 Å². The summed E-state index contributed by atoms with van der Waals surface area (Å²) in [7, 11) is 0. The van der Waals surface area contributed by atoms with Crippen LogP contribution < -0.4 is 16.4 Å². The van der Waals surface area contributed by atoms with Gasteiger partial charge < -0.3 is 16.4 Å². The molecular weight excluding hydrogens is 226 g/mol. The van der Waals surface area contributed by atoms with Gasteiger partial charge >= 0.3 is 0 Å². The van der Waals surface area contributed by atoms with Crippen molar-refractivity contribution >= 4 is 5.91 Å². The monoisotopic (exact) mass is 253 g/mol. The van der Waals surface area contributed by atoms with Gasteiger partial charge in [0, 0.05) is 25.6 Å². The van der Waals surface area contributed by atoms with Gasteiger partial charge in [0.2, 0.25) is 5.91 Å². The Balaban J connectivity index is 1.70. The van der Waals surface area contributed by atoms with E-state index in [2.05, 4.69) is 17.6 Å². The van der Waals surface area contributed by atoms with E-state index in [1.54, 1.807) is 0 Å². The maximum atomic E-state index is 11.9. The first-order chi connectivity index (χ1) is 8.59. The average molecular weight is 253 g/mol. The summed E-state index contributed by atoms with van der Waals surface area (Å²) < 4.78 is 0. The van der Waals surface area contributed by atoms with Crippen LogP contribution in [0.2, 0.25) is 0 Å². The van der Waals surface area contributed by atoms with E-state index < -0.39 is 0 Å². The summed E-state index contributed by atoms with van der Waals surface area (Å²) in [5.74, 6) is 0.589. The van der Waals surface area contributed by atoms with Crippen LogP contribution in [0.15, 0.2) is 0 Å². The minimum atomic E-state index is 0.184. The second kappa shape index (κ2) is 6.02. The molecule has 0 aromatic carbocycles. The van der Waals surface area contributed by atoms with E-state index in [4.69, 9.17) is 5.73 Å². The lowest BCUT2D eigenvalue weighted by molar-refractivity contribution is -0.122. The zero-order valence-electron chi connectivity index (χ0n) is 11.5. The normalized spacial score (nSPS) is 36.6. The van der Waals surface area contributed by atoms with Crippen LogP contribution in [0.25, 0.3) is 0 Å². The Morgan fingerprint density at radius 1 is 1.44 bits per heavy atom. The van der Waals surface area contributed by atoms with Gasteiger partial charge in [-0.3, -0.25) is 4.79 Å². The molecule has 1 amide bonds. The lowest BCUT2D eigenvalue weighted by Crippen LogP contribution is -2.46. The SMILES string of the molecule is CC1(CNC(=O)C[C@@H]2CCC[C@H]2N)CCCNC1. The summed E-state index contributed by atoms with van der Waals surface area (Å²) in [6.45, 7) is 5.16. The molecule has 1 aliphatic heterocycles. The van der Waals surface area contributed by atoms with Crippen LogP contribution in [0.4, 0.5) is 0 Å². The Morgan fingerprint density at radius 3 is 2.89 bits per heavy atom. The number of carbonyl (C=O) groups is 1. The van der Waals surface area contributed by atoms with Crippen molar-refractivity contribution in [1.82, 2.24) is 10.6 Å². The van der Waals surface area contributed by atoms with Crippen molar-refractivity contribution in [1.29, 1.82) is 0 Å². The number of hydrogen-bond donors (Lipinski definition) is 3. The van der Waals surface area contributed by atoms with Crippen molar-refractivity contribution in [2.45, 2.75) is 51.5 Å². The van der Waals surface area contributed by atoms with E-state index in [1.807, 2.05) is 0 Å². The second-order valence-corrected chi connectivity index (χ2v) is 6.43. The molecule has 4 nitrogen and oxygen atoms in total. The molecule has 1 saturated carbocycles. The third kappa shape index (κ3) is 3.69. The summed E-state index contributed by atoms with van der Waals surface area (Å²) in [4.78, 5) is 11.9. The molecular formula is C14H27N3O. The van der Waals surface area contributed by atoms with Crippen LogP contribution in [-0.2, 0) is 4.79 Å². The predicted molar refractivity (Wildman–Crippen MR) is 73.2 cm³/mol. The lowest BCUT2D eigenvalue weighted by Gasteiger charge is -2.34. The number of hydrogen-bond acceptors (Lipinski definition) is 3. The standard InChI is InChI=1S/C14H27N3O/c1-14(6-3-7-16-9-14)10-17-13(18)8-11-4-2-5-12(11)15/h11-12,16H,2-10,15H2,1H3,(H,17,18)/t11-,12+,14?/m0/s1. The number of carbonyl (C=O) groups excluding carboxylic acids is 1. The topological polar surface area (TPSA) is 67.2 Å². The number of nitrogens with two attached hydrogens (primary N) is 1. The van der Waals surface area contributed by atoms with Gasteiger partial charge in [0.25, 0.3) is 0 Å². The molecule has 0 spiro atoms. The van der Waals surface area contributed by atoms with Gasteiger partial charge in [0.1, 0.15) is 0 Å². The fourth-order valence-electron chi connectivity index (χ4n) is 3.21. The lowest BCUT2D eigenvalue weighted by atomic mass is 9.82. The summed E-state index contributed by atoms with van der Waals surface area (Å²) in [5.41, 5.74) is 6.23. The van der Waals surface area contributed by atoms with E-state index in [0.29, 0.717) is 12.3 Å². The summed E-state index contributed by atoms with van der Waals surface area (Å²) in [6, 6.07) is 0.239. The third-order valence-corrected chi connectivity index (χ3v) is 4.56. The number of nitrogens with one attached hydrogen (secondary N) is 2. The third-order valence-electron chi connectivity index (χ3n) is 4.56. The van der Waals surface area contributed by atoms with Gasteiger partial charge in [-0.2, -0.15) is 0 Å². The fraction of sp³-hybridized carbons (Fsp3) is 0.929. The van der Waals surface area contributed by atoms with E-state index in [9.17, 15) is 4.79 Å². The van der Waals surface area contributed by atoms with Gasteiger partial charge in [0.05, 0.1) is 0 Å². The molecule has 18 heavy (non-hydrogen) atoms. The average Bonchev–Trinajstić information content (AvgIpc) is 2.74. The summed E-state index contributed by atoms with van der Waals surface area (Å²) in [6.07, 6.45) is 6.40. The van der Waals surface area contributed by atoms with Crippen LogP contribution >= 0.6 is 0 Å². The van der Waals surface area contributed by atoms with E-state index in [0.717, 1.165) is 32.5 Å². The molecule has 1 saturated heterocycles. The second-order valence-electron chi connectivity index (χ2n) is 6.43. The molecule has 0 aromatic heterocycles. The Morgan fingerprint density at radius 2 is 2.28 bits per heavy atom. The number of piperidine rings is 1. The van der Waals surface area contributed by atoms with Crippen LogP contribution in [-0.4, -0.2) is 31.6 Å². The fourth-order valence-corrected chi connectivity index (χ4v) is 3.21. The van der Waals surface area contributed by atoms with Gasteiger partial charge in [0.15, 0.2) is 0 Å². The number of rotatable bonds is 4. The molecule has 3 atom stereocenters. The molecule has 4 heteroatoms. The highest BCUT2D eigenvalue weighted by Gasteiger charge is 2.29. The molecule has 1 aliphatic carbocycles. The first-order valence-electron chi connectivity index (χ1n) is 7.32. The number of amides is 1. The highest BCUT2D eigenvalue weighted by atomic mass is 16.1. The van der Waals surface area contributed by atoms with Gasteiger partial charge in [-0.05, 0) is 43.6 Å². The van der Waals surface area contributed by atoms with Crippen molar-refractivity contribution in [2.24, 2.45) is 17.1 Å².